The molecule has 4 heteroatoms. The molecule has 0 unspecified atom stereocenters. The lowest BCUT2D eigenvalue weighted by Gasteiger charge is -2.12. The van der Waals surface area contributed by atoms with Crippen molar-refractivity contribution < 1.29 is 4.74 Å². The van der Waals surface area contributed by atoms with Crippen LogP contribution in [0.3, 0.4) is 0 Å². The minimum Gasteiger partial charge on any atom is -0.494 e. The zero-order valence-electron chi connectivity index (χ0n) is 14.0. The van der Waals surface area contributed by atoms with Crippen molar-refractivity contribution in [1.82, 2.24) is 4.57 Å². The van der Waals surface area contributed by atoms with Gasteiger partial charge in [-0.25, -0.2) is 0 Å². The molecule has 1 aromatic heterocycles. The smallest absolute Gasteiger partial charge is 0.253 e. The second kappa shape index (κ2) is 6.83. The van der Waals surface area contributed by atoms with E-state index in [1.165, 1.54) is 17.7 Å². The number of aromatic nitrogens is 1. The second-order valence-electron chi connectivity index (χ2n) is 6.31. The molecule has 0 amide bonds. The minimum atomic E-state index is 0.0516. The fourth-order valence-electron chi connectivity index (χ4n) is 2.73. The largest absolute Gasteiger partial charge is 0.494 e. The van der Waals surface area contributed by atoms with E-state index >= 15 is 0 Å². The molecule has 1 heterocycles. The highest BCUT2D eigenvalue weighted by Gasteiger charge is 2.20. The normalized spacial score (nSPS) is 14.0. The Balaban J connectivity index is 1.89. The van der Waals surface area contributed by atoms with Crippen molar-refractivity contribution in [2.45, 2.75) is 31.1 Å². The topological polar surface area (TPSA) is 31.2 Å². The molecule has 0 aliphatic heterocycles. The minimum absolute atomic E-state index is 0.0516. The summed E-state index contributed by atoms with van der Waals surface area (Å²) in [5.74, 6) is 1.79. The first-order chi connectivity index (χ1) is 11.1. The predicted molar refractivity (Wildman–Crippen MR) is 96.5 cm³/mol. The Morgan fingerprint density at radius 3 is 2.65 bits per heavy atom. The van der Waals surface area contributed by atoms with Gasteiger partial charge in [-0.1, -0.05) is 12.8 Å². The van der Waals surface area contributed by atoms with Gasteiger partial charge in [-0.2, -0.15) is 0 Å². The maximum Gasteiger partial charge on any atom is 0.253 e. The van der Waals surface area contributed by atoms with Gasteiger partial charge in [-0.05, 0) is 60.9 Å². The number of rotatable bonds is 6. The highest BCUT2D eigenvalue weighted by molar-refractivity contribution is 7.98. The molecule has 2 aromatic rings. The lowest BCUT2D eigenvalue weighted by molar-refractivity contribution is 0.302. The zero-order chi connectivity index (χ0) is 16.4. The van der Waals surface area contributed by atoms with Crippen molar-refractivity contribution in [2.24, 2.45) is 13.0 Å². The zero-order valence-corrected chi connectivity index (χ0v) is 14.8. The van der Waals surface area contributed by atoms with Gasteiger partial charge in [-0.3, -0.25) is 4.79 Å². The van der Waals surface area contributed by atoms with Crippen molar-refractivity contribution >= 4 is 11.8 Å². The van der Waals surface area contributed by atoms with Crippen LogP contribution in [0.15, 0.2) is 40.2 Å². The average molecular weight is 329 g/mol. The van der Waals surface area contributed by atoms with Crippen molar-refractivity contribution in [1.29, 1.82) is 0 Å². The van der Waals surface area contributed by atoms with E-state index in [1.54, 1.807) is 23.4 Å². The van der Waals surface area contributed by atoms with Crippen LogP contribution >= 0.6 is 11.8 Å². The van der Waals surface area contributed by atoms with Crippen LogP contribution in [-0.4, -0.2) is 17.4 Å². The van der Waals surface area contributed by atoms with E-state index in [-0.39, 0.29) is 5.56 Å². The highest BCUT2D eigenvalue weighted by atomic mass is 32.2. The Morgan fingerprint density at radius 2 is 2.00 bits per heavy atom. The van der Waals surface area contributed by atoms with Gasteiger partial charge in [0, 0.05) is 23.7 Å². The molecule has 3 rings (SSSR count). The molecule has 0 saturated heterocycles. The van der Waals surface area contributed by atoms with Crippen LogP contribution in [0.1, 0.15) is 24.8 Å². The summed E-state index contributed by atoms with van der Waals surface area (Å²) in [7, 11) is 1.80. The Hall–Kier alpha value is -1.68. The third kappa shape index (κ3) is 3.99. The van der Waals surface area contributed by atoms with Crippen molar-refractivity contribution in [3.8, 4) is 16.9 Å². The molecule has 0 bridgehead atoms. The first kappa shape index (κ1) is 16.2. The number of pyridine rings is 1. The number of hydrogen-bond acceptors (Lipinski definition) is 3. The quantitative estimate of drug-likeness (QED) is 0.742. The second-order valence-corrected chi connectivity index (χ2v) is 7.19. The number of aryl methyl sites for hydroxylation is 2. The highest BCUT2D eigenvalue weighted by Crippen LogP contribution is 2.33. The summed E-state index contributed by atoms with van der Waals surface area (Å²) >= 11 is 1.71. The maximum absolute atomic E-state index is 11.9. The Labute approximate surface area is 141 Å². The van der Waals surface area contributed by atoms with Crippen LogP contribution in [0.4, 0.5) is 0 Å². The van der Waals surface area contributed by atoms with Gasteiger partial charge in [0.15, 0.2) is 0 Å². The molecule has 3 nitrogen and oxygen atoms in total. The first-order valence-corrected chi connectivity index (χ1v) is 9.29. The van der Waals surface area contributed by atoms with E-state index < -0.39 is 0 Å². The van der Waals surface area contributed by atoms with Gasteiger partial charge in [0.25, 0.3) is 5.56 Å². The summed E-state index contributed by atoms with van der Waals surface area (Å²) < 4.78 is 7.61. The van der Waals surface area contributed by atoms with Gasteiger partial charge in [-0.15, -0.1) is 11.8 Å². The van der Waals surface area contributed by atoms with Gasteiger partial charge in [0.1, 0.15) is 5.75 Å². The van der Waals surface area contributed by atoms with Crippen LogP contribution in [0.25, 0.3) is 11.1 Å². The van der Waals surface area contributed by atoms with Gasteiger partial charge < -0.3 is 9.30 Å². The van der Waals surface area contributed by atoms with Gasteiger partial charge in [0.05, 0.1) is 6.61 Å². The molecule has 0 atom stereocenters. The monoisotopic (exact) mass is 329 g/mol. The number of hydrogen-bond donors (Lipinski definition) is 0. The summed E-state index contributed by atoms with van der Waals surface area (Å²) in [5, 5.41) is 0. The molecule has 1 aromatic carbocycles. The van der Waals surface area contributed by atoms with Crippen LogP contribution in [0.2, 0.25) is 0 Å². The number of nitrogens with zero attached hydrogens (tertiary/aromatic N) is 1. The molecule has 0 N–H and O–H groups in total. The lowest BCUT2D eigenvalue weighted by atomic mass is 10.1. The summed E-state index contributed by atoms with van der Waals surface area (Å²) in [6.45, 7) is 2.64. The van der Waals surface area contributed by atoms with E-state index in [2.05, 4.69) is 24.5 Å². The SMILES string of the molecule is CSc1cc(OCCC2CC2)cc(-c2cc(C)c(=O)n(C)c2)c1. The Kier molecular flexibility index (Phi) is 4.81. The third-order valence-electron chi connectivity index (χ3n) is 4.30. The summed E-state index contributed by atoms with van der Waals surface area (Å²) in [4.78, 5) is 13.1. The number of benzene rings is 1. The molecule has 0 radical (unpaired) electrons. The molecule has 1 fully saturated rings. The van der Waals surface area contributed by atoms with E-state index in [0.29, 0.717) is 0 Å². The predicted octanol–water partition coefficient (Wildman–Crippen LogP) is 4.26. The number of thioether (sulfide) groups is 1. The Bertz CT molecular complexity index is 736. The van der Waals surface area contributed by atoms with Gasteiger partial charge in [0.2, 0.25) is 0 Å². The average Bonchev–Trinajstić information content (AvgIpc) is 3.36. The lowest BCUT2D eigenvalue weighted by Crippen LogP contribution is -2.18. The molecule has 0 spiro atoms. The van der Waals surface area contributed by atoms with Gasteiger partial charge >= 0.3 is 0 Å². The molecule has 1 aliphatic carbocycles. The molecule has 23 heavy (non-hydrogen) atoms. The van der Waals surface area contributed by atoms with Crippen LogP contribution in [-0.2, 0) is 7.05 Å². The fraction of sp³-hybridized carbons (Fsp3) is 0.421. The molecule has 1 aliphatic rings. The standard InChI is InChI=1S/C19H23NO2S/c1-13-8-16(12-20(2)19(13)21)15-9-17(11-18(10-15)23-3)22-7-6-14-4-5-14/h8-12,14H,4-7H2,1-3H3. The third-order valence-corrected chi connectivity index (χ3v) is 5.01. The molecule has 1 saturated carbocycles. The van der Waals surface area contributed by atoms with Crippen molar-refractivity contribution in [3.05, 3.63) is 46.4 Å². The van der Waals surface area contributed by atoms with E-state index in [9.17, 15) is 4.79 Å². The van der Waals surface area contributed by atoms with E-state index in [1.807, 2.05) is 19.2 Å². The van der Waals surface area contributed by atoms with Crippen molar-refractivity contribution in [2.75, 3.05) is 12.9 Å². The first-order valence-electron chi connectivity index (χ1n) is 8.06. The number of ether oxygens (including phenoxy) is 1. The molecular weight excluding hydrogens is 306 g/mol. The van der Waals surface area contributed by atoms with Crippen LogP contribution < -0.4 is 10.3 Å². The summed E-state index contributed by atoms with van der Waals surface area (Å²) in [6, 6.07) is 8.27. The fourth-order valence-corrected chi connectivity index (χ4v) is 3.20. The molecule has 122 valence electrons. The molecular formula is C19H23NO2S. The maximum atomic E-state index is 11.9. The van der Waals surface area contributed by atoms with E-state index in [0.717, 1.165) is 41.4 Å². The summed E-state index contributed by atoms with van der Waals surface area (Å²) in [5.41, 5.74) is 2.95. The summed E-state index contributed by atoms with van der Waals surface area (Å²) in [6.07, 6.45) is 7.83. The Morgan fingerprint density at radius 1 is 1.22 bits per heavy atom. The van der Waals surface area contributed by atoms with Crippen LogP contribution in [0.5, 0.6) is 5.75 Å². The van der Waals surface area contributed by atoms with Crippen LogP contribution in [0, 0.1) is 12.8 Å². The van der Waals surface area contributed by atoms with E-state index in [4.69, 9.17) is 4.74 Å². The van der Waals surface area contributed by atoms with Crippen molar-refractivity contribution in [3.63, 3.8) is 0 Å².